The van der Waals surface area contributed by atoms with E-state index in [-0.39, 0.29) is 18.6 Å². The van der Waals surface area contributed by atoms with Crippen LogP contribution in [0.3, 0.4) is 0 Å². The largest absolute Gasteiger partial charge is 0.396 e. The molecule has 0 amide bonds. The molecular formula is C5H12OV. The number of rotatable bonds is 2. The summed E-state index contributed by atoms with van der Waals surface area (Å²) in [5, 5.41) is 8.24. The summed E-state index contributed by atoms with van der Waals surface area (Å²) < 4.78 is 0. The summed E-state index contributed by atoms with van der Waals surface area (Å²) in [4.78, 5) is 0. The standard InChI is InChI=1S/C5H12O.V/c1-5(2)3-4-6;/h5-6H,3-4H2,1-2H3;. The molecule has 7 heavy (non-hydrogen) atoms. The van der Waals surface area contributed by atoms with Crippen molar-refractivity contribution in [2.24, 2.45) is 5.92 Å². The third-order valence-corrected chi connectivity index (χ3v) is 0.706. The molecule has 0 spiro atoms. The first-order valence-electron chi connectivity index (χ1n) is 2.38. The monoisotopic (exact) mass is 139 g/mol. The van der Waals surface area contributed by atoms with Gasteiger partial charge in [-0.1, -0.05) is 13.8 Å². The van der Waals surface area contributed by atoms with Crippen LogP contribution in [-0.4, -0.2) is 11.7 Å². The van der Waals surface area contributed by atoms with Gasteiger partial charge in [-0.3, -0.25) is 0 Å². The Bertz CT molecular complexity index is 29.3. The van der Waals surface area contributed by atoms with E-state index in [4.69, 9.17) is 5.11 Å². The fourth-order valence-electron chi connectivity index (χ4n) is 0.258. The Kier molecular flexibility index (Phi) is 9.83. The summed E-state index contributed by atoms with van der Waals surface area (Å²) >= 11 is 0. The maximum atomic E-state index is 8.24. The first-order chi connectivity index (χ1) is 2.77. The fourth-order valence-corrected chi connectivity index (χ4v) is 0.258. The molecule has 0 fully saturated rings. The second kappa shape index (κ2) is 6.54. The quantitative estimate of drug-likeness (QED) is 0.605. The van der Waals surface area contributed by atoms with Crippen molar-refractivity contribution in [2.45, 2.75) is 20.3 Å². The minimum Gasteiger partial charge on any atom is -0.396 e. The van der Waals surface area contributed by atoms with Gasteiger partial charge in [-0.15, -0.1) is 0 Å². The Hall–Kier alpha value is 0.544. The third kappa shape index (κ3) is 10.8. The molecule has 0 aliphatic carbocycles. The molecule has 2 heteroatoms. The molecule has 1 radical (unpaired) electrons. The Morgan fingerprint density at radius 2 is 1.86 bits per heavy atom. The van der Waals surface area contributed by atoms with Gasteiger partial charge < -0.3 is 5.11 Å². The van der Waals surface area contributed by atoms with Gasteiger partial charge >= 0.3 is 0 Å². The SMILES string of the molecule is CC(C)CCO.[V]. The van der Waals surface area contributed by atoms with Gasteiger partial charge in [0.25, 0.3) is 0 Å². The summed E-state index contributed by atoms with van der Waals surface area (Å²) in [7, 11) is 0. The van der Waals surface area contributed by atoms with Crippen molar-refractivity contribution in [3.8, 4) is 0 Å². The summed E-state index contributed by atoms with van der Waals surface area (Å²) in [5.74, 6) is 0.648. The Labute approximate surface area is 57.0 Å². The van der Waals surface area contributed by atoms with Crippen molar-refractivity contribution in [2.75, 3.05) is 6.61 Å². The van der Waals surface area contributed by atoms with E-state index in [0.29, 0.717) is 12.5 Å². The van der Waals surface area contributed by atoms with E-state index in [1.807, 2.05) is 0 Å². The second-order valence-electron chi connectivity index (χ2n) is 1.91. The molecule has 0 saturated carbocycles. The molecule has 0 saturated heterocycles. The van der Waals surface area contributed by atoms with Gasteiger partial charge in [0.2, 0.25) is 0 Å². The van der Waals surface area contributed by atoms with Gasteiger partial charge in [-0.05, 0) is 12.3 Å². The molecule has 0 rings (SSSR count). The predicted molar refractivity (Wildman–Crippen MR) is 26.5 cm³/mol. The molecule has 0 aliphatic rings. The molecule has 0 bridgehead atoms. The maximum absolute atomic E-state index is 8.24. The van der Waals surface area contributed by atoms with Crippen molar-refractivity contribution in [1.82, 2.24) is 0 Å². The van der Waals surface area contributed by atoms with Crippen LogP contribution in [0.25, 0.3) is 0 Å². The van der Waals surface area contributed by atoms with Gasteiger partial charge in [0, 0.05) is 25.2 Å². The van der Waals surface area contributed by atoms with E-state index in [1.165, 1.54) is 0 Å². The van der Waals surface area contributed by atoms with E-state index in [2.05, 4.69) is 13.8 Å². The number of aliphatic hydroxyl groups is 1. The van der Waals surface area contributed by atoms with Crippen LogP contribution in [0.4, 0.5) is 0 Å². The van der Waals surface area contributed by atoms with Crippen LogP contribution >= 0.6 is 0 Å². The van der Waals surface area contributed by atoms with Gasteiger partial charge in [-0.2, -0.15) is 0 Å². The smallest absolute Gasteiger partial charge is 0.0433 e. The van der Waals surface area contributed by atoms with E-state index in [0.717, 1.165) is 6.42 Å². The Balaban J connectivity index is 0. The van der Waals surface area contributed by atoms with Crippen molar-refractivity contribution in [1.29, 1.82) is 0 Å². The van der Waals surface area contributed by atoms with Crippen LogP contribution in [0, 0.1) is 5.92 Å². The van der Waals surface area contributed by atoms with Crippen LogP contribution in [0.1, 0.15) is 20.3 Å². The second-order valence-corrected chi connectivity index (χ2v) is 1.91. The molecule has 0 atom stereocenters. The van der Waals surface area contributed by atoms with Crippen LogP contribution in [0.5, 0.6) is 0 Å². The molecular weight excluding hydrogens is 127 g/mol. The minimum atomic E-state index is 0. The zero-order valence-electron chi connectivity index (χ0n) is 4.89. The van der Waals surface area contributed by atoms with Crippen LogP contribution in [-0.2, 0) is 18.6 Å². The average Bonchev–Trinajstić information content (AvgIpc) is 1.35. The molecule has 0 unspecified atom stereocenters. The number of hydrogen-bond donors (Lipinski definition) is 1. The molecule has 1 nitrogen and oxygen atoms in total. The molecule has 0 aromatic rings. The first kappa shape index (κ1) is 10.5. The predicted octanol–water partition coefficient (Wildman–Crippen LogP) is 1.02. The normalized spacial score (nSPS) is 8.57. The summed E-state index contributed by atoms with van der Waals surface area (Å²) in [6, 6.07) is 0. The summed E-state index contributed by atoms with van der Waals surface area (Å²) in [6.07, 6.45) is 0.931. The van der Waals surface area contributed by atoms with Crippen LogP contribution < -0.4 is 0 Å². The number of hydrogen-bond acceptors (Lipinski definition) is 1. The van der Waals surface area contributed by atoms with E-state index >= 15 is 0 Å². The average molecular weight is 139 g/mol. The number of aliphatic hydroxyl groups excluding tert-OH is 1. The Morgan fingerprint density at radius 3 is 1.86 bits per heavy atom. The third-order valence-electron chi connectivity index (χ3n) is 0.706. The van der Waals surface area contributed by atoms with Crippen LogP contribution in [0.2, 0.25) is 0 Å². The van der Waals surface area contributed by atoms with Crippen LogP contribution in [0.15, 0.2) is 0 Å². The van der Waals surface area contributed by atoms with Gasteiger partial charge in [-0.25, -0.2) is 0 Å². The molecule has 0 aromatic carbocycles. The van der Waals surface area contributed by atoms with Crippen molar-refractivity contribution < 1.29 is 23.7 Å². The van der Waals surface area contributed by atoms with Gasteiger partial charge in [0.05, 0.1) is 0 Å². The first-order valence-corrected chi connectivity index (χ1v) is 2.38. The van der Waals surface area contributed by atoms with E-state index < -0.39 is 0 Å². The van der Waals surface area contributed by atoms with Gasteiger partial charge in [0.1, 0.15) is 0 Å². The zero-order valence-corrected chi connectivity index (χ0v) is 6.28. The van der Waals surface area contributed by atoms with Gasteiger partial charge in [0.15, 0.2) is 0 Å². The molecule has 0 aromatic heterocycles. The summed E-state index contributed by atoms with van der Waals surface area (Å²) in [6.45, 7) is 4.52. The minimum absolute atomic E-state index is 0. The Morgan fingerprint density at radius 1 is 1.43 bits per heavy atom. The molecule has 0 heterocycles. The topological polar surface area (TPSA) is 20.2 Å². The maximum Gasteiger partial charge on any atom is 0.0433 e. The van der Waals surface area contributed by atoms with Crippen molar-refractivity contribution >= 4 is 0 Å². The van der Waals surface area contributed by atoms with E-state index in [9.17, 15) is 0 Å². The fraction of sp³-hybridized carbons (Fsp3) is 1.00. The summed E-state index contributed by atoms with van der Waals surface area (Å²) in [5.41, 5.74) is 0. The molecule has 1 N–H and O–H groups in total. The van der Waals surface area contributed by atoms with Crippen molar-refractivity contribution in [3.63, 3.8) is 0 Å². The molecule has 0 aliphatic heterocycles. The van der Waals surface area contributed by atoms with Crippen molar-refractivity contribution in [3.05, 3.63) is 0 Å². The zero-order chi connectivity index (χ0) is 4.99. The molecule has 43 valence electrons. The van der Waals surface area contributed by atoms with E-state index in [1.54, 1.807) is 0 Å².